The molecule has 0 bridgehead atoms. The Morgan fingerprint density at radius 3 is 2.11 bits per heavy atom. The van der Waals surface area contributed by atoms with Crippen LogP contribution in [0.3, 0.4) is 0 Å². The first kappa shape index (κ1) is 41.4. The summed E-state index contributed by atoms with van der Waals surface area (Å²) in [5.74, 6) is -4.48. The molecule has 1 heterocycles. The van der Waals surface area contributed by atoms with E-state index in [0.29, 0.717) is 17.9 Å². The number of hydrogen-bond donors (Lipinski definition) is 5. The molecule has 1 unspecified atom stereocenters. The number of primary amides is 1. The normalized spacial score (nSPS) is 21.2. The van der Waals surface area contributed by atoms with Crippen molar-refractivity contribution in [1.29, 1.82) is 0 Å². The lowest BCUT2D eigenvalue weighted by Gasteiger charge is -2.35. The number of ether oxygens (including phenoxy) is 1. The molecule has 292 valence electrons. The van der Waals surface area contributed by atoms with Crippen LogP contribution in [0.5, 0.6) is 0 Å². The summed E-state index contributed by atoms with van der Waals surface area (Å²) in [7, 11) is 0. The van der Waals surface area contributed by atoms with Crippen LogP contribution < -0.4 is 27.0 Å². The smallest absolute Gasteiger partial charge is 0.290 e. The second kappa shape index (κ2) is 19.1. The van der Waals surface area contributed by atoms with Crippen molar-refractivity contribution in [2.24, 2.45) is 17.6 Å². The van der Waals surface area contributed by atoms with Crippen LogP contribution in [-0.4, -0.2) is 89.0 Å². The average molecular weight is 739 g/mol. The second-order valence-electron chi connectivity index (χ2n) is 15.7. The summed E-state index contributed by atoms with van der Waals surface area (Å²) in [6, 6.07) is 4.16. The summed E-state index contributed by atoms with van der Waals surface area (Å²) in [5, 5.41) is 10.5. The van der Waals surface area contributed by atoms with Gasteiger partial charge in [-0.05, 0) is 70.3 Å². The van der Waals surface area contributed by atoms with Crippen molar-refractivity contribution in [1.82, 2.24) is 26.2 Å². The van der Waals surface area contributed by atoms with Crippen LogP contribution in [0.15, 0.2) is 30.3 Å². The topological polar surface area (TPSA) is 206 Å². The summed E-state index contributed by atoms with van der Waals surface area (Å²) in [4.78, 5) is 94.0. The van der Waals surface area contributed by atoms with Crippen molar-refractivity contribution < 1.29 is 38.3 Å². The number of nitrogens with one attached hydrogen (secondary N) is 4. The molecule has 2 saturated carbocycles. The lowest BCUT2D eigenvalue weighted by atomic mass is 9.83. The number of likely N-dealkylation sites (tertiary alicyclic amines) is 1. The van der Waals surface area contributed by atoms with Crippen LogP contribution in [0.2, 0.25) is 0 Å². The number of Topliss-reactive ketones (excluding diaryl/α,β-unsaturated/α-hetero) is 1. The van der Waals surface area contributed by atoms with E-state index in [0.717, 1.165) is 57.8 Å². The molecular weight excluding hydrogens is 680 g/mol. The van der Waals surface area contributed by atoms with Crippen LogP contribution in [0.25, 0.3) is 0 Å². The standard InChI is InChI=1S/C39H58N6O8/c1-5-28(34(48)37(51)41-22-31(47)44-32(35(40)49)25-16-8-6-9-17-25)42-36(50)29-21-27(53-39(2,3)4)23-45(29)38(52)33(26-18-10-7-11-19-26)43-30(46)20-24-14-12-13-15-24/h6,8-9,16-17,24,26-29,32-33H,5,7,10-15,18-23H2,1-4H3,(H2,40,49)(H,41,51)(H,42,50)(H,43,46)(H,44,47)/t27-,28?,29+,32+,33+/m1/s1. The minimum absolute atomic E-state index is 0.0620. The van der Waals surface area contributed by atoms with Crippen LogP contribution in [0, 0.1) is 11.8 Å². The zero-order valence-electron chi connectivity index (χ0n) is 31.6. The Labute approximate surface area is 312 Å². The first-order chi connectivity index (χ1) is 25.2. The summed E-state index contributed by atoms with van der Waals surface area (Å²) in [5.41, 5.74) is 5.36. The van der Waals surface area contributed by atoms with Gasteiger partial charge in [0, 0.05) is 19.4 Å². The van der Waals surface area contributed by atoms with Crippen molar-refractivity contribution in [3.63, 3.8) is 0 Å². The van der Waals surface area contributed by atoms with E-state index < -0.39 is 71.8 Å². The predicted molar refractivity (Wildman–Crippen MR) is 197 cm³/mol. The second-order valence-corrected chi connectivity index (χ2v) is 15.7. The maximum atomic E-state index is 14.5. The predicted octanol–water partition coefficient (Wildman–Crippen LogP) is 2.34. The molecule has 0 spiro atoms. The molecule has 2 aliphatic carbocycles. The molecule has 6 N–H and O–H groups in total. The van der Waals surface area contributed by atoms with E-state index in [1.807, 2.05) is 20.8 Å². The van der Waals surface area contributed by atoms with Crippen molar-refractivity contribution in [2.45, 2.75) is 141 Å². The van der Waals surface area contributed by atoms with E-state index in [1.165, 1.54) is 4.90 Å². The number of nitrogens with zero attached hydrogens (tertiary/aromatic N) is 1. The van der Waals surface area contributed by atoms with Crippen molar-refractivity contribution in [2.75, 3.05) is 13.1 Å². The number of nitrogens with two attached hydrogens (primary N) is 1. The molecule has 3 aliphatic rings. The number of benzene rings is 1. The largest absolute Gasteiger partial charge is 0.371 e. The van der Waals surface area contributed by atoms with E-state index in [9.17, 15) is 33.6 Å². The first-order valence-corrected chi connectivity index (χ1v) is 19.2. The van der Waals surface area contributed by atoms with Gasteiger partial charge in [-0.2, -0.15) is 0 Å². The summed E-state index contributed by atoms with van der Waals surface area (Å²) >= 11 is 0. The average Bonchev–Trinajstić information content (AvgIpc) is 3.80. The molecule has 4 rings (SSSR count). The lowest BCUT2D eigenvalue weighted by molar-refractivity contribution is -0.144. The van der Waals surface area contributed by atoms with Gasteiger partial charge in [0.05, 0.1) is 24.3 Å². The fourth-order valence-electron chi connectivity index (χ4n) is 7.81. The Balaban J connectivity index is 1.44. The van der Waals surface area contributed by atoms with E-state index in [-0.39, 0.29) is 37.1 Å². The number of carbonyl (C=O) groups is 7. The molecule has 14 nitrogen and oxygen atoms in total. The fourth-order valence-corrected chi connectivity index (χ4v) is 7.81. The highest BCUT2D eigenvalue weighted by Crippen LogP contribution is 2.32. The molecule has 6 amide bonds. The van der Waals surface area contributed by atoms with Gasteiger partial charge >= 0.3 is 0 Å². The van der Waals surface area contributed by atoms with Crippen LogP contribution in [-0.2, 0) is 38.3 Å². The van der Waals surface area contributed by atoms with E-state index in [1.54, 1.807) is 37.3 Å². The van der Waals surface area contributed by atoms with Crippen molar-refractivity contribution >= 4 is 41.2 Å². The van der Waals surface area contributed by atoms with Gasteiger partial charge in [-0.25, -0.2) is 0 Å². The molecule has 0 aromatic heterocycles. The maximum absolute atomic E-state index is 14.5. The number of carbonyl (C=O) groups excluding carboxylic acids is 7. The Morgan fingerprint density at radius 1 is 0.868 bits per heavy atom. The lowest BCUT2D eigenvalue weighted by Crippen LogP contribution is -2.58. The van der Waals surface area contributed by atoms with E-state index >= 15 is 0 Å². The number of ketones is 1. The molecule has 53 heavy (non-hydrogen) atoms. The third kappa shape index (κ3) is 12.1. The highest BCUT2D eigenvalue weighted by molar-refractivity contribution is 6.38. The summed E-state index contributed by atoms with van der Waals surface area (Å²) in [6.07, 6.45) is 8.90. The molecule has 1 aromatic rings. The molecule has 0 radical (unpaired) electrons. The van der Waals surface area contributed by atoms with E-state index in [2.05, 4.69) is 21.3 Å². The SMILES string of the molecule is CCC(NC(=O)[C@@H]1C[C@@H](OC(C)(C)C)CN1C(=O)[C@@H](NC(=O)CC1CCCC1)C1CCCCC1)C(=O)C(=O)NCC(=O)N[C@H](C(N)=O)c1ccccc1. The third-order valence-corrected chi connectivity index (χ3v) is 10.4. The zero-order chi connectivity index (χ0) is 38.7. The van der Waals surface area contributed by atoms with Gasteiger partial charge in [0.2, 0.25) is 35.3 Å². The van der Waals surface area contributed by atoms with E-state index in [4.69, 9.17) is 10.5 Å². The zero-order valence-corrected chi connectivity index (χ0v) is 31.6. The number of amides is 6. The van der Waals surface area contributed by atoms with Gasteiger partial charge in [-0.3, -0.25) is 33.6 Å². The molecule has 1 aliphatic heterocycles. The molecule has 3 fully saturated rings. The number of rotatable bonds is 16. The highest BCUT2D eigenvalue weighted by atomic mass is 16.5. The fraction of sp³-hybridized carbons (Fsp3) is 0.667. The maximum Gasteiger partial charge on any atom is 0.290 e. The van der Waals surface area contributed by atoms with Gasteiger partial charge < -0.3 is 36.6 Å². The van der Waals surface area contributed by atoms with Crippen molar-refractivity contribution in [3.8, 4) is 0 Å². The minimum Gasteiger partial charge on any atom is -0.371 e. The van der Waals surface area contributed by atoms with Crippen molar-refractivity contribution in [3.05, 3.63) is 35.9 Å². The molecule has 14 heteroatoms. The van der Waals surface area contributed by atoms with Gasteiger partial charge in [0.25, 0.3) is 5.91 Å². The van der Waals surface area contributed by atoms with Gasteiger partial charge in [-0.15, -0.1) is 0 Å². The Bertz CT molecular complexity index is 1470. The summed E-state index contributed by atoms with van der Waals surface area (Å²) < 4.78 is 6.24. The van der Waals surface area contributed by atoms with Crippen LogP contribution in [0.1, 0.15) is 116 Å². The Kier molecular flexibility index (Phi) is 15.0. The third-order valence-electron chi connectivity index (χ3n) is 10.4. The molecular formula is C39H58N6O8. The first-order valence-electron chi connectivity index (χ1n) is 19.2. The summed E-state index contributed by atoms with van der Waals surface area (Å²) in [6.45, 7) is 6.81. The minimum atomic E-state index is -1.24. The molecule has 1 saturated heterocycles. The van der Waals surface area contributed by atoms with Crippen LogP contribution >= 0.6 is 0 Å². The monoisotopic (exact) mass is 738 g/mol. The Morgan fingerprint density at radius 2 is 1.51 bits per heavy atom. The molecule has 5 atom stereocenters. The Hall–Kier alpha value is -4.33. The van der Waals surface area contributed by atoms with Gasteiger partial charge in [-0.1, -0.05) is 69.4 Å². The highest BCUT2D eigenvalue weighted by Gasteiger charge is 2.46. The van der Waals surface area contributed by atoms with Crippen LogP contribution in [0.4, 0.5) is 0 Å². The number of hydrogen-bond acceptors (Lipinski definition) is 8. The van der Waals surface area contributed by atoms with Gasteiger partial charge in [0.15, 0.2) is 0 Å². The van der Waals surface area contributed by atoms with Gasteiger partial charge in [0.1, 0.15) is 18.1 Å². The molecule has 1 aromatic carbocycles. The quantitative estimate of drug-likeness (QED) is 0.159.